The van der Waals surface area contributed by atoms with Crippen molar-refractivity contribution in [3.05, 3.63) is 54.3 Å². The second-order valence-corrected chi connectivity index (χ2v) is 5.77. The van der Waals surface area contributed by atoms with Gasteiger partial charge < -0.3 is 14.5 Å². The molecule has 2 aromatic carbocycles. The van der Waals surface area contributed by atoms with Crippen LogP contribution in [0.5, 0.6) is 5.75 Å². The maximum atomic E-state index is 13.0. The van der Waals surface area contributed by atoms with Crippen LogP contribution < -0.4 is 20.3 Å². The molecule has 1 heterocycles. The van der Waals surface area contributed by atoms with Crippen LogP contribution in [0.25, 0.3) is 0 Å². The zero-order chi connectivity index (χ0) is 16.2. The summed E-state index contributed by atoms with van der Waals surface area (Å²) in [5.74, 6) is 0.593. The molecule has 0 saturated carbocycles. The summed E-state index contributed by atoms with van der Waals surface area (Å²) in [6.45, 7) is 5.52. The molecule has 0 amide bonds. The summed E-state index contributed by atoms with van der Waals surface area (Å²) in [6, 6.07) is 14.7. The maximum Gasteiger partial charge on any atom is 0.144 e. The fourth-order valence-electron chi connectivity index (χ4n) is 2.82. The molecule has 2 N–H and O–H groups in total. The van der Waals surface area contributed by atoms with Crippen LogP contribution in [0, 0.1) is 5.82 Å². The third-order valence-corrected chi connectivity index (χ3v) is 4.00. The molecule has 0 radical (unpaired) electrons. The first-order valence-electron chi connectivity index (χ1n) is 7.89. The van der Waals surface area contributed by atoms with E-state index < -0.39 is 0 Å². The lowest BCUT2D eigenvalue weighted by Crippen LogP contribution is -2.46. The van der Waals surface area contributed by atoms with E-state index in [0.29, 0.717) is 0 Å². The molecule has 1 fully saturated rings. The first-order valence-corrected chi connectivity index (χ1v) is 7.89. The molecule has 0 bridgehead atoms. The fourth-order valence-corrected chi connectivity index (χ4v) is 2.82. The van der Waals surface area contributed by atoms with Crippen molar-refractivity contribution in [1.29, 1.82) is 0 Å². The Morgan fingerprint density at radius 3 is 1.74 bits per heavy atom. The van der Waals surface area contributed by atoms with Gasteiger partial charge >= 0.3 is 0 Å². The molecule has 0 spiro atoms. The molecule has 1 atom stereocenters. The van der Waals surface area contributed by atoms with Crippen LogP contribution in [0.2, 0.25) is 0 Å². The Labute approximate surface area is 136 Å². The third kappa shape index (κ3) is 3.93. The highest BCUT2D eigenvalue weighted by Crippen LogP contribution is 2.23. The van der Waals surface area contributed by atoms with Crippen molar-refractivity contribution in [2.75, 3.05) is 36.0 Å². The Morgan fingerprint density at radius 2 is 1.30 bits per heavy atom. The smallest absolute Gasteiger partial charge is 0.144 e. The van der Waals surface area contributed by atoms with Crippen LogP contribution >= 0.6 is 0 Å². The van der Waals surface area contributed by atoms with Crippen molar-refractivity contribution in [3.63, 3.8) is 0 Å². The van der Waals surface area contributed by atoms with Gasteiger partial charge in [-0.3, -0.25) is 5.73 Å². The lowest BCUT2D eigenvalue weighted by atomic mass is 10.2. The zero-order valence-electron chi connectivity index (χ0n) is 13.3. The van der Waals surface area contributed by atoms with E-state index in [-0.39, 0.29) is 12.0 Å². The van der Waals surface area contributed by atoms with Gasteiger partial charge in [0.05, 0.1) is 0 Å². The molecule has 1 unspecified atom stereocenters. The van der Waals surface area contributed by atoms with Crippen LogP contribution in [0.1, 0.15) is 6.92 Å². The van der Waals surface area contributed by atoms with Gasteiger partial charge in [-0.2, -0.15) is 0 Å². The van der Waals surface area contributed by atoms with Gasteiger partial charge in [-0.25, -0.2) is 4.39 Å². The van der Waals surface area contributed by atoms with Crippen LogP contribution in [-0.2, 0) is 0 Å². The number of nitrogens with two attached hydrogens (primary N) is 1. The number of rotatable bonds is 4. The molecule has 1 aliphatic rings. The van der Waals surface area contributed by atoms with Crippen molar-refractivity contribution < 1.29 is 9.13 Å². The summed E-state index contributed by atoms with van der Waals surface area (Å²) >= 11 is 0. The van der Waals surface area contributed by atoms with E-state index >= 15 is 0 Å². The molecule has 2 aromatic rings. The normalized spacial score (nSPS) is 16.3. The Bertz CT molecular complexity index is 620. The van der Waals surface area contributed by atoms with Gasteiger partial charge in [0, 0.05) is 37.6 Å². The maximum absolute atomic E-state index is 13.0. The highest BCUT2D eigenvalue weighted by molar-refractivity contribution is 5.53. The van der Waals surface area contributed by atoms with Crippen LogP contribution in [-0.4, -0.2) is 32.4 Å². The molecule has 1 saturated heterocycles. The van der Waals surface area contributed by atoms with Gasteiger partial charge in [0.25, 0.3) is 0 Å². The van der Waals surface area contributed by atoms with Gasteiger partial charge in [-0.1, -0.05) is 0 Å². The molecule has 5 heteroatoms. The van der Waals surface area contributed by atoms with Gasteiger partial charge in [-0.05, 0) is 55.5 Å². The van der Waals surface area contributed by atoms with E-state index in [1.54, 1.807) is 0 Å². The van der Waals surface area contributed by atoms with E-state index in [4.69, 9.17) is 10.5 Å². The van der Waals surface area contributed by atoms with E-state index in [1.807, 2.05) is 31.2 Å². The largest absolute Gasteiger partial charge is 0.476 e. The summed E-state index contributed by atoms with van der Waals surface area (Å²) < 4.78 is 18.5. The number of ether oxygens (including phenoxy) is 1. The van der Waals surface area contributed by atoms with Crippen molar-refractivity contribution >= 4 is 11.4 Å². The molecule has 1 aliphatic heterocycles. The summed E-state index contributed by atoms with van der Waals surface area (Å²) in [4.78, 5) is 4.62. The Morgan fingerprint density at radius 1 is 0.870 bits per heavy atom. The number of halogens is 1. The number of nitrogens with zero attached hydrogens (tertiary/aromatic N) is 2. The molecule has 0 aliphatic carbocycles. The molecule has 122 valence electrons. The molecule has 3 rings (SSSR count). The first kappa shape index (κ1) is 15.6. The van der Waals surface area contributed by atoms with Crippen LogP contribution in [0.4, 0.5) is 15.8 Å². The summed E-state index contributed by atoms with van der Waals surface area (Å²) in [5.41, 5.74) is 7.88. The molecule has 4 nitrogen and oxygen atoms in total. The van der Waals surface area contributed by atoms with Gasteiger partial charge in [0.1, 0.15) is 17.8 Å². The van der Waals surface area contributed by atoms with Crippen molar-refractivity contribution in [1.82, 2.24) is 0 Å². The van der Waals surface area contributed by atoms with E-state index in [0.717, 1.165) is 37.6 Å². The number of hydrogen-bond acceptors (Lipinski definition) is 4. The van der Waals surface area contributed by atoms with E-state index in [2.05, 4.69) is 21.9 Å². The minimum Gasteiger partial charge on any atom is -0.476 e. The Hall–Kier alpha value is -2.27. The Kier molecular flexibility index (Phi) is 4.67. The second kappa shape index (κ2) is 6.87. The predicted molar refractivity (Wildman–Crippen MR) is 91.5 cm³/mol. The lowest BCUT2D eigenvalue weighted by molar-refractivity contribution is 0.230. The Balaban J connectivity index is 1.59. The van der Waals surface area contributed by atoms with Gasteiger partial charge in [0.2, 0.25) is 0 Å². The number of benzene rings is 2. The van der Waals surface area contributed by atoms with E-state index in [1.165, 1.54) is 17.8 Å². The monoisotopic (exact) mass is 315 g/mol. The average molecular weight is 315 g/mol. The zero-order valence-corrected chi connectivity index (χ0v) is 13.3. The quantitative estimate of drug-likeness (QED) is 0.881. The molecule has 23 heavy (non-hydrogen) atoms. The minimum absolute atomic E-state index is 0.193. The van der Waals surface area contributed by atoms with E-state index in [9.17, 15) is 4.39 Å². The minimum atomic E-state index is -0.305. The SMILES string of the molecule is CC(N)Oc1ccc(N2CCN(c3ccc(F)cc3)CC2)cc1. The first-order chi connectivity index (χ1) is 11.1. The van der Waals surface area contributed by atoms with Gasteiger partial charge in [0.15, 0.2) is 0 Å². The molecular formula is C18H22FN3O. The fraction of sp³-hybridized carbons (Fsp3) is 0.333. The number of hydrogen-bond donors (Lipinski definition) is 1. The van der Waals surface area contributed by atoms with Crippen LogP contribution in [0.15, 0.2) is 48.5 Å². The van der Waals surface area contributed by atoms with Gasteiger partial charge in [-0.15, -0.1) is 0 Å². The average Bonchev–Trinajstić information content (AvgIpc) is 2.56. The summed E-state index contributed by atoms with van der Waals surface area (Å²) in [6.07, 6.45) is -0.305. The number of anilines is 2. The van der Waals surface area contributed by atoms with Crippen molar-refractivity contribution in [2.24, 2.45) is 5.73 Å². The predicted octanol–water partition coefficient (Wildman–Crippen LogP) is 2.84. The molecule has 0 aromatic heterocycles. The van der Waals surface area contributed by atoms with Crippen LogP contribution in [0.3, 0.4) is 0 Å². The summed E-state index contributed by atoms with van der Waals surface area (Å²) in [7, 11) is 0. The van der Waals surface area contributed by atoms with Crippen molar-refractivity contribution in [3.8, 4) is 5.75 Å². The highest BCUT2D eigenvalue weighted by Gasteiger charge is 2.17. The standard InChI is InChI=1S/C18H22FN3O/c1-14(20)23-18-8-6-17(7-9-18)22-12-10-21(11-13-22)16-4-2-15(19)3-5-16/h2-9,14H,10-13,20H2,1H3. The molecular weight excluding hydrogens is 293 g/mol. The lowest BCUT2D eigenvalue weighted by Gasteiger charge is -2.37. The highest BCUT2D eigenvalue weighted by atomic mass is 19.1. The van der Waals surface area contributed by atoms with Crippen molar-refractivity contribution in [2.45, 2.75) is 13.2 Å². The summed E-state index contributed by atoms with van der Waals surface area (Å²) in [5, 5.41) is 0. The topological polar surface area (TPSA) is 41.7 Å². The second-order valence-electron chi connectivity index (χ2n) is 5.77. The number of piperazine rings is 1. The third-order valence-electron chi connectivity index (χ3n) is 4.00.